The summed E-state index contributed by atoms with van der Waals surface area (Å²) in [4.78, 5) is 29.7. The van der Waals surface area contributed by atoms with Gasteiger partial charge in [-0.3, -0.25) is 9.69 Å². The van der Waals surface area contributed by atoms with E-state index in [2.05, 4.69) is 0 Å². The molecule has 4 rings (SSSR count). The van der Waals surface area contributed by atoms with Crippen LogP contribution in [-0.4, -0.2) is 50.3 Å². The van der Waals surface area contributed by atoms with Crippen molar-refractivity contribution >= 4 is 35.2 Å². The summed E-state index contributed by atoms with van der Waals surface area (Å²) in [6, 6.07) is 22.9. The van der Waals surface area contributed by atoms with Crippen LogP contribution in [0.2, 0.25) is 10.0 Å². The van der Waals surface area contributed by atoms with Crippen LogP contribution in [0.1, 0.15) is 43.5 Å². The topological polar surface area (TPSA) is 81.1 Å². The molecule has 1 aliphatic rings. The van der Waals surface area contributed by atoms with Crippen molar-refractivity contribution in [3.63, 3.8) is 0 Å². The van der Waals surface area contributed by atoms with Gasteiger partial charge in [0.25, 0.3) is 5.91 Å². The van der Waals surface area contributed by atoms with Crippen molar-refractivity contribution in [1.29, 1.82) is 0 Å². The number of carboxylic acid groups (broad SMARTS) is 1. The van der Waals surface area contributed by atoms with E-state index in [1.807, 2.05) is 81.4 Å². The van der Waals surface area contributed by atoms with Crippen LogP contribution in [0, 0.1) is 5.41 Å². The van der Waals surface area contributed by atoms with Crippen molar-refractivity contribution in [2.45, 2.75) is 51.4 Å². The molecule has 1 aliphatic heterocycles. The molecule has 0 aliphatic carbocycles. The van der Waals surface area contributed by atoms with Crippen LogP contribution in [0.5, 0.6) is 0 Å². The highest BCUT2D eigenvalue weighted by atomic mass is 35.5. The van der Waals surface area contributed by atoms with Gasteiger partial charge in [0.05, 0.1) is 6.10 Å². The number of nitrogens with zero attached hydrogens (tertiary/aromatic N) is 2. The third kappa shape index (κ3) is 4.94. The van der Waals surface area contributed by atoms with E-state index in [1.54, 1.807) is 23.1 Å². The Morgan fingerprint density at radius 3 is 1.95 bits per heavy atom. The summed E-state index contributed by atoms with van der Waals surface area (Å²) in [5.41, 5.74) is -0.373. The Balaban J connectivity index is 1.95. The highest BCUT2D eigenvalue weighted by molar-refractivity contribution is 6.36. The molecule has 0 radical (unpaired) electrons. The first-order valence-electron chi connectivity index (χ1n) is 12.5. The minimum Gasteiger partial charge on any atom is -0.465 e. The number of hydrogen-bond acceptors (Lipinski definition) is 4. The van der Waals surface area contributed by atoms with Gasteiger partial charge in [-0.15, -0.1) is 0 Å². The molecule has 0 aromatic heterocycles. The SMILES string of the molecule is CC(C)(C)[C@]1([C@@H](O)Cc2ccccc2)N(C(=O)O)C(=O)[C@H](c2c(Cl)cccc2Cl)N1CCc1ccccc1. The number of benzene rings is 3. The first-order valence-corrected chi connectivity index (χ1v) is 13.3. The van der Waals surface area contributed by atoms with E-state index >= 15 is 0 Å². The zero-order chi connectivity index (χ0) is 27.7. The Kier molecular flexibility index (Phi) is 8.19. The predicted molar refractivity (Wildman–Crippen MR) is 149 cm³/mol. The summed E-state index contributed by atoms with van der Waals surface area (Å²) in [5.74, 6) is -0.692. The zero-order valence-corrected chi connectivity index (χ0v) is 23.2. The molecule has 2 amide bonds. The van der Waals surface area contributed by atoms with Crippen molar-refractivity contribution in [3.05, 3.63) is 106 Å². The third-order valence-electron chi connectivity index (χ3n) is 7.33. The largest absolute Gasteiger partial charge is 0.465 e. The summed E-state index contributed by atoms with van der Waals surface area (Å²) in [7, 11) is 0. The van der Waals surface area contributed by atoms with E-state index in [0.29, 0.717) is 12.0 Å². The lowest BCUT2D eigenvalue weighted by molar-refractivity contribution is -0.156. The number of amides is 2. The highest BCUT2D eigenvalue weighted by Gasteiger charge is 2.68. The van der Waals surface area contributed by atoms with Gasteiger partial charge in [-0.2, -0.15) is 0 Å². The molecular weight excluding hydrogens is 523 g/mol. The molecule has 0 unspecified atom stereocenters. The van der Waals surface area contributed by atoms with Gasteiger partial charge < -0.3 is 10.2 Å². The van der Waals surface area contributed by atoms with Crippen LogP contribution in [-0.2, 0) is 17.6 Å². The quantitative estimate of drug-likeness (QED) is 0.351. The average molecular weight is 556 g/mol. The fourth-order valence-electron chi connectivity index (χ4n) is 5.82. The van der Waals surface area contributed by atoms with Gasteiger partial charge in [-0.25, -0.2) is 9.69 Å². The van der Waals surface area contributed by atoms with Crippen molar-refractivity contribution in [2.24, 2.45) is 5.41 Å². The van der Waals surface area contributed by atoms with Gasteiger partial charge >= 0.3 is 6.09 Å². The molecule has 0 spiro atoms. The maximum absolute atomic E-state index is 14.2. The number of carbonyl (C=O) groups is 2. The lowest BCUT2D eigenvalue weighted by atomic mass is 9.73. The molecule has 3 atom stereocenters. The van der Waals surface area contributed by atoms with Crippen molar-refractivity contribution < 1.29 is 19.8 Å². The Hall–Kier alpha value is -2.90. The van der Waals surface area contributed by atoms with Crippen molar-refractivity contribution in [3.8, 4) is 0 Å². The summed E-state index contributed by atoms with van der Waals surface area (Å²) >= 11 is 13.2. The van der Waals surface area contributed by atoms with E-state index in [4.69, 9.17) is 23.2 Å². The number of carbonyl (C=O) groups excluding carboxylic acids is 1. The molecule has 8 heteroatoms. The van der Waals surface area contributed by atoms with Gasteiger partial charge in [0.15, 0.2) is 0 Å². The zero-order valence-electron chi connectivity index (χ0n) is 21.6. The average Bonchev–Trinajstić information content (AvgIpc) is 3.13. The minimum absolute atomic E-state index is 0.139. The number of imide groups is 1. The second-order valence-electron chi connectivity index (χ2n) is 10.6. The van der Waals surface area contributed by atoms with Gasteiger partial charge in [-0.1, -0.05) is 111 Å². The standard InChI is InChI=1S/C30H32Cl2N2O4/c1-29(2,3)30(24(35)19-21-13-8-5-9-14-21)33(18-17-20-11-6-4-7-12-20)26(27(36)34(30)28(37)38)25-22(31)15-10-16-23(25)32/h4-16,24,26,35H,17-19H2,1-3H3,(H,37,38)/t24-,26-,30-/m0/s1. The maximum atomic E-state index is 14.2. The first-order chi connectivity index (χ1) is 18.0. The summed E-state index contributed by atoms with van der Waals surface area (Å²) < 4.78 is 0. The molecule has 0 saturated carbocycles. The fourth-order valence-corrected chi connectivity index (χ4v) is 6.42. The Bertz CT molecular complexity index is 1280. The molecule has 2 N–H and O–H groups in total. The third-order valence-corrected chi connectivity index (χ3v) is 7.99. The second-order valence-corrected chi connectivity index (χ2v) is 11.4. The molecule has 3 aromatic carbocycles. The number of aliphatic hydroxyl groups excluding tert-OH is 1. The first kappa shape index (κ1) is 28.1. The van der Waals surface area contributed by atoms with E-state index in [-0.39, 0.29) is 23.0 Å². The predicted octanol–water partition coefficient (Wildman–Crippen LogP) is 6.45. The molecule has 38 heavy (non-hydrogen) atoms. The smallest absolute Gasteiger partial charge is 0.415 e. The lowest BCUT2D eigenvalue weighted by Crippen LogP contribution is -2.70. The highest BCUT2D eigenvalue weighted by Crippen LogP contribution is 2.53. The van der Waals surface area contributed by atoms with E-state index in [1.165, 1.54) is 0 Å². The fraction of sp³-hybridized carbons (Fsp3) is 0.333. The molecule has 200 valence electrons. The van der Waals surface area contributed by atoms with Crippen LogP contribution in [0.25, 0.3) is 0 Å². The van der Waals surface area contributed by atoms with Crippen molar-refractivity contribution in [2.75, 3.05) is 6.54 Å². The molecular formula is C30H32Cl2N2O4. The Labute approximate surface area is 233 Å². The van der Waals surface area contributed by atoms with Crippen LogP contribution in [0.4, 0.5) is 4.79 Å². The molecule has 6 nitrogen and oxygen atoms in total. The summed E-state index contributed by atoms with van der Waals surface area (Å²) in [6.45, 7) is 5.80. The number of aliphatic hydroxyl groups is 1. The molecule has 1 fully saturated rings. The van der Waals surface area contributed by atoms with Crippen LogP contribution in [0.3, 0.4) is 0 Å². The van der Waals surface area contributed by atoms with Crippen molar-refractivity contribution in [1.82, 2.24) is 9.80 Å². The van der Waals surface area contributed by atoms with E-state index < -0.39 is 35.2 Å². The molecule has 0 bridgehead atoms. The molecule has 1 saturated heterocycles. The van der Waals surface area contributed by atoms with Crippen LogP contribution < -0.4 is 0 Å². The Morgan fingerprint density at radius 1 is 0.921 bits per heavy atom. The van der Waals surface area contributed by atoms with Crippen LogP contribution >= 0.6 is 23.2 Å². The maximum Gasteiger partial charge on any atom is 0.415 e. The van der Waals surface area contributed by atoms with Gasteiger partial charge in [0, 0.05) is 34.0 Å². The van der Waals surface area contributed by atoms with E-state index in [0.717, 1.165) is 16.0 Å². The lowest BCUT2D eigenvalue weighted by Gasteiger charge is -2.53. The minimum atomic E-state index is -1.63. The van der Waals surface area contributed by atoms with Gasteiger partial charge in [0.2, 0.25) is 0 Å². The Morgan fingerprint density at radius 2 is 1.45 bits per heavy atom. The molecule has 1 heterocycles. The number of halogens is 2. The second kappa shape index (κ2) is 11.1. The monoisotopic (exact) mass is 554 g/mol. The normalized spacial score (nSPS) is 21.1. The van der Waals surface area contributed by atoms with Crippen LogP contribution in [0.15, 0.2) is 78.9 Å². The van der Waals surface area contributed by atoms with Gasteiger partial charge in [0.1, 0.15) is 11.7 Å². The number of rotatable bonds is 7. The summed E-state index contributed by atoms with van der Waals surface area (Å²) in [5, 5.41) is 23.1. The van der Waals surface area contributed by atoms with E-state index in [9.17, 15) is 19.8 Å². The summed E-state index contributed by atoms with van der Waals surface area (Å²) in [6.07, 6.45) is -2.05. The number of hydrogen-bond donors (Lipinski definition) is 2. The van der Waals surface area contributed by atoms with Gasteiger partial charge in [-0.05, 0) is 29.7 Å². The molecule has 3 aromatic rings.